The summed E-state index contributed by atoms with van der Waals surface area (Å²) >= 11 is 0. The molecule has 1 unspecified atom stereocenters. The summed E-state index contributed by atoms with van der Waals surface area (Å²) in [5.41, 5.74) is 5.33. The standard InChI is InChI=1S/C9H21N3O2S/c1-5-6-7(8(10)11)12-15(13,14)9(2,3)4/h7,12H,5-6H2,1-4H3,(H3,10,11). The number of nitrogens with one attached hydrogen (secondary N) is 2. The lowest BCUT2D eigenvalue weighted by atomic mass is 10.2. The SMILES string of the molecule is CCCC(NS(=O)(=O)C(C)(C)C)C(=N)N. The molecule has 0 rings (SSSR count). The summed E-state index contributed by atoms with van der Waals surface area (Å²) in [4.78, 5) is 0. The van der Waals surface area contributed by atoms with Crippen LogP contribution in [0.4, 0.5) is 0 Å². The zero-order chi connectivity index (χ0) is 12.3. The molecule has 0 spiro atoms. The van der Waals surface area contributed by atoms with Gasteiger partial charge in [0.2, 0.25) is 10.0 Å². The van der Waals surface area contributed by atoms with Gasteiger partial charge in [0.25, 0.3) is 0 Å². The van der Waals surface area contributed by atoms with Crippen molar-refractivity contribution in [2.75, 3.05) is 0 Å². The van der Waals surface area contributed by atoms with Crippen molar-refractivity contribution in [3.63, 3.8) is 0 Å². The molecular formula is C9H21N3O2S. The molecule has 0 aromatic carbocycles. The maximum atomic E-state index is 11.8. The molecule has 0 aliphatic carbocycles. The normalized spacial score (nSPS) is 14.9. The summed E-state index contributed by atoms with van der Waals surface area (Å²) < 4.78 is 25.1. The van der Waals surface area contributed by atoms with Crippen molar-refractivity contribution in [1.82, 2.24) is 4.72 Å². The van der Waals surface area contributed by atoms with Crippen LogP contribution in [0.5, 0.6) is 0 Å². The van der Waals surface area contributed by atoms with Crippen molar-refractivity contribution in [2.45, 2.75) is 51.3 Å². The minimum absolute atomic E-state index is 0.135. The van der Waals surface area contributed by atoms with Gasteiger partial charge in [0.05, 0.1) is 10.8 Å². The molecule has 15 heavy (non-hydrogen) atoms. The maximum absolute atomic E-state index is 11.8. The quantitative estimate of drug-likeness (QED) is 0.486. The highest BCUT2D eigenvalue weighted by molar-refractivity contribution is 7.90. The van der Waals surface area contributed by atoms with E-state index in [4.69, 9.17) is 11.1 Å². The summed E-state index contributed by atoms with van der Waals surface area (Å²) in [5.74, 6) is -0.135. The van der Waals surface area contributed by atoms with Crippen molar-refractivity contribution < 1.29 is 8.42 Å². The van der Waals surface area contributed by atoms with E-state index in [2.05, 4.69) is 4.72 Å². The second-order valence-corrected chi connectivity index (χ2v) is 7.00. The van der Waals surface area contributed by atoms with E-state index < -0.39 is 20.8 Å². The lowest BCUT2D eigenvalue weighted by molar-refractivity contribution is 0.532. The number of amidine groups is 1. The number of hydrogen-bond donors (Lipinski definition) is 3. The van der Waals surface area contributed by atoms with E-state index >= 15 is 0 Å². The van der Waals surface area contributed by atoms with Crippen molar-refractivity contribution >= 4 is 15.9 Å². The van der Waals surface area contributed by atoms with Crippen LogP contribution in [0.25, 0.3) is 0 Å². The molecule has 0 saturated heterocycles. The van der Waals surface area contributed by atoms with E-state index in [1.54, 1.807) is 20.8 Å². The average molecular weight is 235 g/mol. The predicted molar refractivity (Wildman–Crippen MR) is 62.4 cm³/mol. The Balaban J connectivity index is 4.76. The molecule has 1 atom stereocenters. The van der Waals surface area contributed by atoms with E-state index in [0.29, 0.717) is 6.42 Å². The number of nitrogens with two attached hydrogens (primary N) is 1. The highest BCUT2D eigenvalue weighted by atomic mass is 32.2. The molecule has 0 bridgehead atoms. The van der Waals surface area contributed by atoms with Gasteiger partial charge in [0.15, 0.2) is 0 Å². The third-order valence-corrected chi connectivity index (χ3v) is 4.26. The summed E-state index contributed by atoms with van der Waals surface area (Å²) in [6.07, 6.45) is 1.32. The van der Waals surface area contributed by atoms with Crippen molar-refractivity contribution in [3.8, 4) is 0 Å². The van der Waals surface area contributed by atoms with Gasteiger partial charge in [-0.1, -0.05) is 13.3 Å². The highest BCUT2D eigenvalue weighted by Crippen LogP contribution is 2.14. The molecule has 6 heteroatoms. The van der Waals surface area contributed by atoms with Gasteiger partial charge in [-0.25, -0.2) is 13.1 Å². The summed E-state index contributed by atoms with van der Waals surface area (Å²) in [6.45, 7) is 6.75. The molecule has 5 nitrogen and oxygen atoms in total. The van der Waals surface area contributed by atoms with Crippen LogP contribution in [-0.4, -0.2) is 25.0 Å². The van der Waals surface area contributed by atoms with E-state index in [-0.39, 0.29) is 5.84 Å². The van der Waals surface area contributed by atoms with Gasteiger partial charge in [-0.05, 0) is 27.2 Å². The Morgan fingerprint density at radius 2 is 1.93 bits per heavy atom. The maximum Gasteiger partial charge on any atom is 0.217 e. The molecule has 0 aliphatic rings. The zero-order valence-electron chi connectivity index (χ0n) is 9.79. The van der Waals surface area contributed by atoms with Crippen LogP contribution in [0.2, 0.25) is 0 Å². The Kier molecular flexibility index (Phi) is 4.73. The van der Waals surface area contributed by atoms with Crippen molar-refractivity contribution in [1.29, 1.82) is 5.41 Å². The van der Waals surface area contributed by atoms with Crippen LogP contribution >= 0.6 is 0 Å². The zero-order valence-corrected chi connectivity index (χ0v) is 10.6. The van der Waals surface area contributed by atoms with E-state index in [1.165, 1.54) is 0 Å². The Labute approximate surface area is 92.0 Å². The summed E-state index contributed by atoms with van der Waals surface area (Å²) in [7, 11) is -3.44. The third kappa shape index (κ3) is 4.17. The molecule has 0 aliphatic heterocycles. The number of hydrogen-bond acceptors (Lipinski definition) is 3. The average Bonchev–Trinajstić information content (AvgIpc) is 2.00. The highest BCUT2D eigenvalue weighted by Gasteiger charge is 2.31. The third-order valence-electron chi connectivity index (χ3n) is 2.06. The van der Waals surface area contributed by atoms with Gasteiger partial charge in [-0.2, -0.15) is 0 Å². The first-order valence-electron chi connectivity index (χ1n) is 4.97. The predicted octanol–water partition coefficient (Wildman–Crippen LogP) is 0.809. The minimum Gasteiger partial charge on any atom is -0.386 e. The summed E-state index contributed by atoms with van der Waals surface area (Å²) in [6, 6.07) is -0.584. The molecule has 0 fully saturated rings. The first-order chi connectivity index (χ1) is 6.62. The van der Waals surface area contributed by atoms with Crippen LogP contribution in [0, 0.1) is 5.41 Å². The first-order valence-corrected chi connectivity index (χ1v) is 6.46. The number of rotatable bonds is 5. The minimum atomic E-state index is -3.44. The lowest BCUT2D eigenvalue weighted by Gasteiger charge is -2.24. The van der Waals surface area contributed by atoms with E-state index in [1.807, 2.05) is 6.92 Å². The van der Waals surface area contributed by atoms with Crippen LogP contribution < -0.4 is 10.5 Å². The molecule has 0 aromatic rings. The Morgan fingerprint density at radius 1 is 1.47 bits per heavy atom. The largest absolute Gasteiger partial charge is 0.386 e. The van der Waals surface area contributed by atoms with Gasteiger partial charge in [-0.15, -0.1) is 0 Å². The van der Waals surface area contributed by atoms with Crippen LogP contribution in [0.1, 0.15) is 40.5 Å². The van der Waals surface area contributed by atoms with Crippen LogP contribution in [0.3, 0.4) is 0 Å². The molecule has 0 amide bonds. The Hall–Kier alpha value is -0.620. The fraction of sp³-hybridized carbons (Fsp3) is 0.889. The fourth-order valence-electron chi connectivity index (χ4n) is 0.931. The fourth-order valence-corrected chi connectivity index (χ4v) is 1.90. The van der Waals surface area contributed by atoms with Crippen molar-refractivity contribution in [3.05, 3.63) is 0 Å². The van der Waals surface area contributed by atoms with E-state index in [9.17, 15) is 8.42 Å². The Bertz CT molecular complexity index is 317. The van der Waals surface area contributed by atoms with Crippen LogP contribution in [0.15, 0.2) is 0 Å². The van der Waals surface area contributed by atoms with Crippen molar-refractivity contribution in [2.24, 2.45) is 5.73 Å². The molecule has 0 aromatic heterocycles. The molecule has 0 saturated carbocycles. The topological polar surface area (TPSA) is 96.0 Å². The van der Waals surface area contributed by atoms with Crippen LogP contribution in [-0.2, 0) is 10.0 Å². The van der Waals surface area contributed by atoms with Gasteiger partial charge in [-0.3, -0.25) is 5.41 Å². The van der Waals surface area contributed by atoms with Gasteiger partial charge < -0.3 is 5.73 Å². The second-order valence-electron chi connectivity index (χ2n) is 4.53. The molecule has 0 heterocycles. The smallest absolute Gasteiger partial charge is 0.217 e. The first kappa shape index (κ1) is 14.4. The monoisotopic (exact) mass is 235 g/mol. The molecule has 0 radical (unpaired) electrons. The molecule has 4 N–H and O–H groups in total. The van der Waals surface area contributed by atoms with Gasteiger partial charge in [0, 0.05) is 0 Å². The lowest BCUT2D eigenvalue weighted by Crippen LogP contribution is -2.49. The molecular weight excluding hydrogens is 214 g/mol. The molecule has 90 valence electrons. The number of sulfonamides is 1. The van der Waals surface area contributed by atoms with Gasteiger partial charge in [0.1, 0.15) is 5.84 Å². The second kappa shape index (κ2) is 4.94. The van der Waals surface area contributed by atoms with E-state index in [0.717, 1.165) is 6.42 Å². The Morgan fingerprint density at radius 3 is 2.20 bits per heavy atom. The van der Waals surface area contributed by atoms with Gasteiger partial charge >= 0.3 is 0 Å². The summed E-state index contributed by atoms with van der Waals surface area (Å²) in [5, 5.41) is 7.29.